The van der Waals surface area contributed by atoms with Crippen molar-refractivity contribution in [3.05, 3.63) is 41.7 Å². The first-order valence-electron chi connectivity index (χ1n) is 9.06. The van der Waals surface area contributed by atoms with E-state index in [9.17, 15) is 4.39 Å². The summed E-state index contributed by atoms with van der Waals surface area (Å²) in [6.45, 7) is 10.3. The van der Waals surface area contributed by atoms with Crippen LogP contribution in [-0.4, -0.2) is 18.3 Å². The van der Waals surface area contributed by atoms with Gasteiger partial charge in [-0.05, 0) is 70.1 Å². The molecule has 24 heavy (non-hydrogen) atoms. The van der Waals surface area contributed by atoms with E-state index >= 15 is 0 Å². The summed E-state index contributed by atoms with van der Waals surface area (Å²) in [7, 11) is -0.445. The molecule has 0 amide bonds. The van der Waals surface area contributed by atoms with Crippen LogP contribution in [0.25, 0.3) is 0 Å². The Morgan fingerprint density at radius 1 is 1.04 bits per heavy atom. The Labute approximate surface area is 146 Å². The summed E-state index contributed by atoms with van der Waals surface area (Å²) in [4.78, 5) is 0. The quantitative estimate of drug-likeness (QED) is 0.405. The third-order valence-corrected chi connectivity index (χ3v) is 5.09. The van der Waals surface area contributed by atoms with Crippen LogP contribution in [0.1, 0.15) is 65.9 Å². The van der Waals surface area contributed by atoms with E-state index in [1.807, 2.05) is 27.7 Å². The molecule has 0 bridgehead atoms. The molecule has 1 fully saturated rings. The normalized spacial score (nSPS) is 19.3. The molecular formula is C20H30BFO2. The highest BCUT2D eigenvalue weighted by molar-refractivity contribution is 6.62. The fourth-order valence-corrected chi connectivity index (χ4v) is 2.79. The zero-order valence-corrected chi connectivity index (χ0v) is 15.7. The molecule has 1 saturated heterocycles. The van der Waals surface area contributed by atoms with E-state index in [-0.39, 0.29) is 17.0 Å². The van der Waals surface area contributed by atoms with E-state index in [0.717, 1.165) is 17.4 Å². The van der Waals surface area contributed by atoms with Crippen molar-refractivity contribution in [1.29, 1.82) is 0 Å². The largest absolute Gasteiger partial charge is 0.495 e. The fraction of sp³-hybridized carbons (Fsp3) is 0.600. The van der Waals surface area contributed by atoms with Crippen molar-refractivity contribution < 1.29 is 13.7 Å². The third kappa shape index (κ3) is 4.49. The zero-order chi connectivity index (χ0) is 17.8. The maximum absolute atomic E-state index is 13.7. The maximum Gasteiger partial charge on any atom is 0.495 e. The van der Waals surface area contributed by atoms with Gasteiger partial charge in [0.05, 0.1) is 11.2 Å². The maximum atomic E-state index is 13.7. The van der Waals surface area contributed by atoms with Gasteiger partial charge in [-0.1, -0.05) is 38.0 Å². The number of rotatable bonds is 7. The summed E-state index contributed by atoms with van der Waals surface area (Å²) in [5.74, 6) is -0.218. The first-order valence-corrected chi connectivity index (χ1v) is 9.06. The van der Waals surface area contributed by atoms with E-state index < -0.39 is 7.12 Å². The summed E-state index contributed by atoms with van der Waals surface area (Å²) >= 11 is 0. The van der Waals surface area contributed by atoms with Gasteiger partial charge in [-0.2, -0.15) is 0 Å². The highest BCUT2D eigenvalue weighted by Crippen LogP contribution is 2.36. The molecule has 0 N–H and O–H groups in total. The average molecular weight is 332 g/mol. The third-order valence-electron chi connectivity index (χ3n) is 5.09. The van der Waals surface area contributed by atoms with Crippen LogP contribution in [0.4, 0.5) is 4.39 Å². The summed E-state index contributed by atoms with van der Waals surface area (Å²) in [6, 6.07) is 4.86. The Kier molecular flexibility index (Phi) is 6.27. The van der Waals surface area contributed by atoms with E-state index in [4.69, 9.17) is 9.31 Å². The van der Waals surface area contributed by atoms with Crippen molar-refractivity contribution in [3.63, 3.8) is 0 Å². The Balaban J connectivity index is 2.11. The smallest absolute Gasteiger partial charge is 0.399 e. The summed E-state index contributed by atoms with van der Waals surface area (Å²) in [5.41, 5.74) is 1.08. The minimum atomic E-state index is -0.445. The Hall–Kier alpha value is -1.13. The van der Waals surface area contributed by atoms with Gasteiger partial charge in [-0.3, -0.25) is 0 Å². The van der Waals surface area contributed by atoms with Crippen LogP contribution in [0.5, 0.6) is 0 Å². The molecule has 0 radical (unpaired) electrons. The SMILES string of the molecule is CCCCC/C=C/Cc1cc(F)ccc1B1OC(C)(C)C(C)(C)O1. The van der Waals surface area contributed by atoms with Gasteiger partial charge in [-0.25, -0.2) is 4.39 Å². The lowest BCUT2D eigenvalue weighted by Crippen LogP contribution is -2.41. The van der Waals surface area contributed by atoms with Crippen LogP contribution < -0.4 is 5.46 Å². The minimum Gasteiger partial charge on any atom is -0.399 e. The average Bonchev–Trinajstić information content (AvgIpc) is 2.71. The first kappa shape index (κ1) is 19.2. The van der Waals surface area contributed by atoms with Crippen LogP contribution in [-0.2, 0) is 15.7 Å². The van der Waals surface area contributed by atoms with Crippen LogP contribution >= 0.6 is 0 Å². The van der Waals surface area contributed by atoms with Crippen molar-refractivity contribution in [2.24, 2.45) is 0 Å². The van der Waals surface area contributed by atoms with Gasteiger partial charge in [0, 0.05) is 0 Å². The molecule has 0 aromatic heterocycles. The summed E-state index contributed by atoms with van der Waals surface area (Å²) < 4.78 is 26.0. The molecule has 2 nitrogen and oxygen atoms in total. The highest BCUT2D eigenvalue weighted by Gasteiger charge is 2.52. The molecule has 2 rings (SSSR count). The van der Waals surface area contributed by atoms with E-state index in [1.165, 1.54) is 25.3 Å². The topological polar surface area (TPSA) is 18.5 Å². The van der Waals surface area contributed by atoms with E-state index in [2.05, 4.69) is 19.1 Å². The molecule has 1 heterocycles. The fourth-order valence-electron chi connectivity index (χ4n) is 2.79. The number of hydrogen-bond acceptors (Lipinski definition) is 2. The molecule has 1 aliphatic heterocycles. The lowest BCUT2D eigenvalue weighted by molar-refractivity contribution is 0.00578. The van der Waals surface area contributed by atoms with Crippen molar-refractivity contribution in [2.75, 3.05) is 0 Å². The number of unbranched alkanes of at least 4 members (excludes halogenated alkanes) is 3. The first-order chi connectivity index (χ1) is 11.3. The van der Waals surface area contributed by atoms with Crippen LogP contribution in [0.15, 0.2) is 30.4 Å². The van der Waals surface area contributed by atoms with Crippen LogP contribution in [0, 0.1) is 5.82 Å². The van der Waals surface area contributed by atoms with Crippen LogP contribution in [0.2, 0.25) is 0 Å². The monoisotopic (exact) mass is 332 g/mol. The zero-order valence-electron chi connectivity index (χ0n) is 15.7. The predicted octanol–water partition coefficient (Wildman–Crippen LogP) is 4.80. The van der Waals surface area contributed by atoms with Gasteiger partial charge in [0.2, 0.25) is 0 Å². The minimum absolute atomic E-state index is 0.218. The molecular weight excluding hydrogens is 302 g/mol. The summed E-state index contributed by atoms with van der Waals surface area (Å²) in [6.07, 6.45) is 9.78. The van der Waals surface area contributed by atoms with Gasteiger partial charge < -0.3 is 9.31 Å². The second-order valence-corrected chi connectivity index (χ2v) is 7.60. The second kappa shape index (κ2) is 7.84. The molecule has 0 aliphatic carbocycles. The molecule has 1 aromatic carbocycles. The lowest BCUT2D eigenvalue weighted by atomic mass is 9.75. The van der Waals surface area contributed by atoms with E-state index in [0.29, 0.717) is 6.42 Å². The molecule has 0 saturated carbocycles. The highest BCUT2D eigenvalue weighted by atomic mass is 19.1. The molecule has 4 heteroatoms. The number of hydrogen-bond donors (Lipinski definition) is 0. The molecule has 132 valence electrons. The van der Waals surface area contributed by atoms with Crippen molar-refractivity contribution in [2.45, 2.75) is 77.9 Å². The molecule has 1 aromatic rings. The van der Waals surface area contributed by atoms with Gasteiger partial charge >= 0.3 is 7.12 Å². The number of halogens is 1. The molecule has 0 unspecified atom stereocenters. The Morgan fingerprint density at radius 3 is 2.33 bits per heavy atom. The van der Waals surface area contributed by atoms with Crippen molar-refractivity contribution >= 4 is 12.6 Å². The number of allylic oxidation sites excluding steroid dienone is 2. The van der Waals surface area contributed by atoms with Crippen molar-refractivity contribution in [3.8, 4) is 0 Å². The molecule has 0 spiro atoms. The summed E-state index contributed by atoms with van der Waals surface area (Å²) in [5, 5.41) is 0. The second-order valence-electron chi connectivity index (χ2n) is 7.60. The Morgan fingerprint density at radius 2 is 1.71 bits per heavy atom. The number of benzene rings is 1. The molecule has 1 aliphatic rings. The van der Waals surface area contributed by atoms with Gasteiger partial charge in [0.1, 0.15) is 5.82 Å². The predicted molar refractivity (Wildman–Crippen MR) is 99.1 cm³/mol. The van der Waals surface area contributed by atoms with E-state index in [1.54, 1.807) is 12.1 Å². The van der Waals surface area contributed by atoms with Gasteiger partial charge in [0.15, 0.2) is 0 Å². The lowest BCUT2D eigenvalue weighted by Gasteiger charge is -2.32. The molecule has 0 atom stereocenters. The van der Waals surface area contributed by atoms with Crippen LogP contribution in [0.3, 0.4) is 0 Å². The van der Waals surface area contributed by atoms with Gasteiger partial charge in [-0.15, -0.1) is 0 Å². The standard InChI is InChI=1S/C20H30BFO2/c1-6-7-8-9-10-11-12-16-15-17(22)13-14-18(16)21-23-19(2,3)20(4,5)24-21/h10-11,13-15H,6-9,12H2,1-5H3/b11-10+. The van der Waals surface area contributed by atoms with Gasteiger partial charge in [0.25, 0.3) is 0 Å². The Bertz CT molecular complexity index is 565. The van der Waals surface area contributed by atoms with Crippen molar-refractivity contribution in [1.82, 2.24) is 0 Å².